The number of hydrogen-bond donors (Lipinski definition) is 4. The van der Waals surface area contributed by atoms with Gasteiger partial charge in [-0.25, -0.2) is 0 Å². The monoisotopic (exact) mass is 510 g/mol. The predicted molar refractivity (Wildman–Crippen MR) is 143 cm³/mol. The maximum absolute atomic E-state index is 6.04. The highest BCUT2D eigenvalue weighted by atomic mass is 35.5. The normalized spacial score (nSPS) is 11.4. The molecular formula is C24H36Cl2N6O2. The van der Waals surface area contributed by atoms with E-state index in [1.165, 1.54) is 0 Å². The minimum Gasteiger partial charge on any atom is -0.496 e. The fraction of sp³-hybridized carbons (Fsp3) is 0.417. The van der Waals surface area contributed by atoms with Gasteiger partial charge in [-0.1, -0.05) is 29.3 Å². The van der Waals surface area contributed by atoms with E-state index in [1.54, 1.807) is 28.1 Å². The lowest BCUT2D eigenvalue weighted by atomic mass is 10.1. The van der Waals surface area contributed by atoms with Crippen LogP contribution >= 0.6 is 23.2 Å². The molecule has 0 aliphatic rings. The van der Waals surface area contributed by atoms with Gasteiger partial charge in [0.15, 0.2) is 0 Å². The van der Waals surface area contributed by atoms with Gasteiger partial charge >= 0.3 is 0 Å². The smallest absolute Gasteiger partial charge is 0.125 e. The molecule has 0 aromatic heterocycles. The number of nitrogens with zero attached hydrogens (tertiary/aromatic N) is 2. The standard InChI is InChI=1S/C13H21N3O2.C11H15Cl2N3/c1-9-12(17-3)7-11(8-13(9)18-4)5-6-15-16-10(2)14;1-8(14)16-15-7-3-4-9-10(12)5-2-6-11(9)13/h7-8,15H,5-6H2,1-4H3,(H2,14,16);2,5-6,15H,3-4,7H2,1H3,(H2,14,16). The minimum absolute atomic E-state index is 0.522. The van der Waals surface area contributed by atoms with Crippen molar-refractivity contribution in [3.05, 3.63) is 57.1 Å². The van der Waals surface area contributed by atoms with Crippen LogP contribution in [-0.2, 0) is 12.8 Å². The first-order valence-corrected chi connectivity index (χ1v) is 11.6. The molecule has 0 saturated carbocycles. The first-order chi connectivity index (χ1) is 16.2. The Balaban J connectivity index is 0.000000342. The number of methoxy groups -OCH3 is 2. The van der Waals surface area contributed by atoms with Crippen LogP contribution in [0, 0.1) is 6.92 Å². The predicted octanol–water partition coefficient (Wildman–Crippen LogP) is 4.24. The van der Waals surface area contributed by atoms with E-state index in [-0.39, 0.29) is 0 Å². The third-order valence-electron chi connectivity index (χ3n) is 4.63. The lowest BCUT2D eigenvalue weighted by molar-refractivity contribution is 0.388. The molecule has 10 heteroatoms. The summed E-state index contributed by atoms with van der Waals surface area (Å²) >= 11 is 12.1. The van der Waals surface area contributed by atoms with Gasteiger partial charge in [-0.3, -0.25) is 0 Å². The van der Waals surface area contributed by atoms with Crippen LogP contribution in [-0.4, -0.2) is 39.0 Å². The molecule has 0 unspecified atom stereocenters. The largest absolute Gasteiger partial charge is 0.496 e. The Bertz CT molecular complexity index is 913. The number of rotatable bonds is 11. The lowest BCUT2D eigenvalue weighted by Crippen LogP contribution is -2.16. The number of benzene rings is 2. The van der Waals surface area contributed by atoms with Crippen molar-refractivity contribution in [2.24, 2.45) is 21.7 Å². The van der Waals surface area contributed by atoms with Crippen LogP contribution in [0.3, 0.4) is 0 Å². The fourth-order valence-electron chi connectivity index (χ4n) is 2.96. The molecule has 0 aliphatic heterocycles. The molecule has 2 aromatic rings. The van der Waals surface area contributed by atoms with Gasteiger partial charge in [0.2, 0.25) is 0 Å². The Hall–Kier alpha value is -2.84. The van der Waals surface area contributed by atoms with Gasteiger partial charge in [-0.2, -0.15) is 10.2 Å². The molecule has 0 radical (unpaired) electrons. The second kappa shape index (κ2) is 15.9. The van der Waals surface area contributed by atoms with Gasteiger partial charge < -0.3 is 31.8 Å². The van der Waals surface area contributed by atoms with E-state index >= 15 is 0 Å². The van der Waals surface area contributed by atoms with Crippen LogP contribution in [0.2, 0.25) is 10.0 Å². The maximum atomic E-state index is 6.04. The molecule has 0 atom stereocenters. The van der Waals surface area contributed by atoms with Crippen molar-refractivity contribution in [1.82, 2.24) is 10.9 Å². The van der Waals surface area contributed by atoms with Crippen molar-refractivity contribution in [2.75, 3.05) is 27.3 Å². The summed E-state index contributed by atoms with van der Waals surface area (Å²) in [6, 6.07) is 9.56. The molecule has 34 heavy (non-hydrogen) atoms. The molecule has 2 rings (SSSR count). The van der Waals surface area contributed by atoms with Gasteiger partial charge in [0.1, 0.15) is 23.2 Å². The summed E-state index contributed by atoms with van der Waals surface area (Å²) < 4.78 is 10.6. The molecule has 0 saturated heterocycles. The average molecular weight is 511 g/mol. The van der Waals surface area contributed by atoms with E-state index in [2.05, 4.69) is 21.1 Å². The molecule has 2 aromatic carbocycles. The zero-order chi connectivity index (χ0) is 25.5. The zero-order valence-electron chi connectivity index (χ0n) is 20.5. The third-order valence-corrected chi connectivity index (χ3v) is 5.33. The van der Waals surface area contributed by atoms with Crippen molar-refractivity contribution in [1.29, 1.82) is 0 Å². The molecular weight excluding hydrogens is 475 g/mol. The Morgan fingerprint density at radius 1 is 0.882 bits per heavy atom. The molecule has 0 amide bonds. The first-order valence-electron chi connectivity index (χ1n) is 10.9. The first kappa shape index (κ1) is 29.2. The lowest BCUT2D eigenvalue weighted by Gasteiger charge is -2.12. The summed E-state index contributed by atoms with van der Waals surface area (Å²) in [6.07, 6.45) is 2.55. The summed E-state index contributed by atoms with van der Waals surface area (Å²) in [7, 11) is 3.32. The number of hydrazone groups is 2. The molecule has 188 valence electrons. The fourth-order valence-corrected chi connectivity index (χ4v) is 3.55. The van der Waals surface area contributed by atoms with Crippen molar-refractivity contribution in [3.63, 3.8) is 0 Å². The molecule has 0 fully saturated rings. The van der Waals surface area contributed by atoms with E-state index in [0.29, 0.717) is 28.3 Å². The second-order valence-corrected chi connectivity index (χ2v) is 8.32. The summed E-state index contributed by atoms with van der Waals surface area (Å²) in [4.78, 5) is 0. The topological polar surface area (TPSA) is 119 Å². The van der Waals surface area contributed by atoms with Crippen LogP contribution < -0.4 is 31.8 Å². The van der Waals surface area contributed by atoms with E-state index < -0.39 is 0 Å². The highest BCUT2D eigenvalue weighted by Gasteiger charge is 2.08. The molecule has 0 bridgehead atoms. The van der Waals surface area contributed by atoms with Gasteiger partial charge in [-0.15, -0.1) is 0 Å². The molecule has 0 heterocycles. The highest BCUT2D eigenvalue weighted by molar-refractivity contribution is 6.35. The van der Waals surface area contributed by atoms with Crippen LogP contribution in [0.4, 0.5) is 0 Å². The number of ether oxygens (including phenoxy) is 2. The quantitative estimate of drug-likeness (QED) is 0.155. The van der Waals surface area contributed by atoms with Gasteiger partial charge in [0, 0.05) is 28.7 Å². The molecule has 0 aliphatic carbocycles. The number of halogens is 2. The summed E-state index contributed by atoms with van der Waals surface area (Å²) in [5.74, 6) is 2.72. The Morgan fingerprint density at radius 3 is 1.85 bits per heavy atom. The van der Waals surface area contributed by atoms with Crippen molar-refractivity contribution in [3.8, 4) is 11.5 Å². The van der Waals surface area contributed by atoms with E-state index in [4.69, 9.17) is 44.1 Å². The van der Waals surface area contributed by atoms with Crippen LogP contribution in [0.15, 0.2) is 40.5 Å². The second-order valence-electron chi connectivity index (χ2n) is 7.50. The zero-order valence-corrected chi connectivity index (χ0v) is 22.1. The molecule has 6 N–H and O–H groups in total. The maximum Gasteiger partial charge on any atom is 0.125 e. The third kappa shape index (κ3) is 10.9. The van der Waals surface area contributed by atoms with E-state index in [1.807, 2.05) is 37.3 Å². The van der Waals surface area contributed by atoms with E-state index in [9.17, 15) is 0 Å². The highest BCUT2D eigenvalue weighted by Crippen LogP contribution is 2.29. The Kier molecular flexibility index (Phi) is 13.7. The van der Waals surface area contributed by atoms with Crippen molar-refractivity contribution < 1.29 is 9.47 Å². The minimum atomic E-state index is 0.522. The Morgan fingerprint density at radius 2 is 1.38 bits per heavy atom. The van der Waals surface area contributed by atoms with Gasteiger partial charge in [0.25, 0.3) is 0 Å². The number of hydrogen-bond acceptors (Lipinski definition) is 6. The molecule has 0 spiro atoms. The number of nitrogens with one attached hydrogen (secondary N) is 2. The van der Waals surface area contributed by atoms with Crippen LogP contribution in [0.1, 0.15) is 37.0 Å². The van der Waals surface area contributed by atoms with Gasteiger partial charge in [0.05, 0.1) is 14.2 Å². The summed E-state index contributed by atoms with van der Waals surface area (Å²) in [5, 5.41) is 9.23. The van der Waals surface area contributed by atoms with E-state index in [0.717, 1.165) is 54.0 Å². The number of nitrogens with two attached hydrogens (primary N) is 2. The van der Waals surface area contributed by atoms with Crippen LogP contribution in [0.5, 0.6) is 11.5 Å². The van der Waals surface area contributed by atoms with Gasteiger partial charge in [-0.05, 0) is 75.4 Å². The Labute approximate surface area is 212 Å². The van der Waals surface area contributed by atoms with Crippen molar-refractivity contribution >= 4 is 34.9 Å². The SMILES string of the molecule is CC(N)=NNCCCc1c(Cl)cccc1Cl.COc1cc(CCNN=C(C)N)cc(OC)c1C. The molecule has 8 nitrogen and oxygen atoms in total. The summed E-state index contributed by atoms with van der Waals surface area (Å²) in [5.41, 5.74) is 19.7. The van der Waals surface area contributed by atoms with Crippen molar-refractivity contribution in [2.45, 2.75) is 40.0 Å². The van der Waals surface area contributed by atoms with Crippen LogP contribution in [0.25, 0.3) is 0 Å². The number of amidine groups is 2. The summed E-state index contributed by atoms with van der Waals surface area (Å²) in [6.45, 7) is 6.91. The average Bonchev–Trinajstić information content (AvgIpc) is 2.79.